The highest BCUT2D eigenvalue weighted by atomic mass is 16.5. The number of fused-ring (bicyclic) bond motifs is 3. The largest absolute Gasteiger partial charge is 0.453 e. The maximum absolute atomic E-state index is 13.5. The molecule has 252 valence electrons. The predicted octanol–water partition coefficient (Wildman–Crippen LogP) is 2.34. The number of aromatic nitrogens is 1. The molecule has 3 aliphatic rings. The van der Waals surface area contributed by atoms with Gasteiger partial charge in [0.2, 0.25) is 5.91 Å². The number of nitrogens with zero attached hydrogens (tertiary/aromatic N) is 4. The molecule has 3 N–H and O–H groups in total. The summed E-state index contributed by atoms with van der Waals surface area (Å²) in [5.74, 6) is -0.374. The lowest BCUT2D eigenvalue weighted by Gasteiger charge is -2.40. The predicted molar refractivity (Wildman–Crippen MR) is 176 cm³/mol. The van der Waals surface area contributed by atoms with Gasteiger partial charge in [0.25, 0.3) is 11.5 Å². The van der Waals surface area contributed by atoms with Crippen LogP contribution in [0, 0.1) is 0 Å². The van der Waals surface area contributed by atoms with Crippen LogP contribution in [0.4, 0.5) is 4.79 Å². The molecule has 0 radical (unpaired) electrons. The lowest BCUT2D eigenvalue weighted by molar-refractivity contribution is -0.120. The normalized spacial score (nSPS) is 24.1. The van der Waals surface area contributed by atoms with Crippen LogP contribution in [0.2, 0.25) is 0 Å². The highest BCUT2D eigenvalue weighted by Gasteiger charge is 2.42. The molecule has 5 atom stereocenters. The number of carbonyl (C=O) groups excluding carboxylic acids is 3. The van der Waals surface area contributed by atoms with Crippen molar-refractivity contribution in [2.75, 3.05) is 46.4 Å². The van der Waals surface area contributed by atoms with Crippen LogP contribution in [-0.2, 0) is 9.53 Å². The number of piperidine rings is 2. The van der Waals surface area contributed by atoms with Gasteiger partial charge in [-0.2, -0.15) is 0 Å². The Morgan fingerprint density at radius 1 is 1.07 bits per heavy atom. The zero-order valence-electron chi connectivity index (χ0n) is 27.6. The van der Waals surface area contributed by atoms with Crippen LogP contribution in [0.3, 0.4) is 0 Å². The Morgan fingerprint density at radius 2 is 1.78 bits per heavy atom. The SMILES string of the molecule is COC(=O)N(CCN1CCCC(NC(C)=O)C1)CC(O)CN1[C@@H]2CC[C@H]1C[C@@H](NC(=O)c1cc3ccccc3n(C(C)C)c1=O)C2. The van der Waals surface area contributed by atoms with Crippen molar-refractivity contribution >= 4 is 28.8 Å². The number of hydrogen-bond acceptors (Lipinski definition) is 8. The van der Waals surface area contributed by atoms with Crippen molar-refractivity contribution in [3.8, 4) is 0 Å². The van der Waals surface area contributed by atoms with Gasteiger partial charge < -0.3 is 29.9 Å². The number of likely N-dealkylation sites (tertiary alicyclic amines) is 1. The van der Waals surface area contributed by atoms with E-state index in [9.17, 15) is 24.3 Å². The second-order valence-electron chi connectivity index (χ2n) is 13.5. The third kappa shape index (κ3) is 7.90. The van der Waals surface area contributed by atoms with Crippen LogP contribution in [-0.4, -0.2) is 119 Å². The van der Waals surface area contributed by atoms with E-state index in [4.69, 9.17) is 4.74 Å². The van der Waals surface area contributed by atoms with Crippen molar-refractivity contribution in [2.24, 2.45) is 0 Å². The van der Waals surface area contributed by atoms with E-state index in [1.807, 2.05) is 38.1 Å². The lowest BCUT2D eigenvalue weighted by atomic mass is 9.96. The summed E-state index contributed by atoms with van der Waals surface area (Å²) >= 11 is 0. The third-order valence-electron chi connectivity index (χ3n) is 9.81. The first-order chi connectivity index (χ1) is 22.0. The fraction of sp³-hybridized carbons (Fsp3) is 0.647. The Balaban J connectivity index is 1.16. The Morgan fingerprint density at radius 3 is 2.46 bits per heavy atom. The van der Waals surface area contributed by atoms with E-state index in [1.165, 1.54) is 14.0 Å². The minimum absolute atomic E-state index is 0.0348. The Bertz CT molecular complexity index is 1450. The van der Waals surface area contributed by atoms with Gasteiger partial charge in [-0.1, -0.05) is 18.2 Å². The molecule has 1 aromatic heterocycles. The van der Waals surface area contributed by atoms with E-state index in [2.05, 4.69) is 20.4 Å². The number of nitrogens with one attached hydrogen (secondary N) is 2. The van der Waals surface area contributed by atoms with Gasteiger partial charge in [0.05, 0.1) is 25.3 Å². The molecule has 3 saturated heterocycles. The number of rotatable bonds is 11. The first-order valence-electron chi connectivity index (χ1n) is 16.7. The smallest absolute Gasteiger partial charge is 0.409 e. The summed E-state index contributed by atoms with van der Waals surface area (Å²) in [5.41, 5.74) is 0.699. The maximum Gasteiger partial charge on any atom is 0.409 e. The number of methoxy groups -OCH3 is 1. The quantitative estimate of drug-likeness (QED) is 0.341. The highest BCUT2D eigenvalue weighted by Crippen LogP contribution is 2.36. The van der Waals surface area contributed by atoms with Crippen molar-refractivity contribution in [1.29, 1.82) is 0 Å². The summed E-state index contributed by atoms with van der Waals surface area (Å²) in [6, 6.07) is 9.70. The van der Waals surface area contributed by atoms with Crippen LogP contribution < -0.4 is 16.2 Å². The van der Waals surface area contributed by atoms with Gasteiger partial charge >= 0.3 is 6.09 Å². The first kappa shape index (κ1) is 33.9. The molecular formula is C34H50N6O6. The fourth-order valence-corrected chi connectivity index (χ4v) is 7.78. The molecule has 5 rings (SSSR count). The summed E-state index contributed by atoms with van der Waals surface area (Å²) in [6.45, 7) is 8.71. The zero-order chi connectivity index (χ0) is 33.0. The Kier molecular flexibility index (Phi) is 11.0. The van der Waals surface area contributed by atoms with Crippen molar-refractivity contribution in [2.45, 2.75) is 95.6 Å². The molecule has 3 amide bonds. The number of amides is 3. The maximum atomic E-state index is 13.5. The number of aliphatic hydroxyl groups is 1. The van der Waals surface area contributed by atoms with Crippen molar-refractivity contribution in [3.63, 3.8) is 0 Å². The summed E-state index contributed by atoms with van der Waals surface area (Å²) in [6.07, 6.45) is 4.13. The second kappa shape index (κ2) is 15.0. The molecule has 0 spiro atoms. The fourth-order valence-electron chi connectivity index (χ4n) is 7.78. The van der Waals surface area contributed by atoms with Gasteiger partial charge in [0.15, 0.2) is 0 Å². The number of benzene rings is 1. The number of pyridine rings is 1. The van der Waals surface area contributed by atoms with Crippen LogP contribution in [0.5, 0.6) is 0 Å². The van der Waals surface area contributed by atoms with Crippen LogP contribution >= 0.6 is 0 Å². The lowest BCUT2D eigenvalue weighted by Crippen LogP contribution is -2.54. The topological polar surface area (TPSA) is 136 Å². The van der Waals surface area contributed by atoms with Gasteiger partial charge in [-0.05, 0) is 76.4 Å². The molecule has 2 unspecified atom stereocenters. The molecule has 2 bridgehead atoms. The van der Waals surface area contributed by atoms with E-state index < -0.39 is 12.2 Å². The summed E-state index contributed by atoms with van der Waals surface area (Å²) < 4.78 is 6.72. The van der Waals surface area contributed by atoms with E-state index in [0.717, 1.165) is 62.5 Å². The van der Waals surface area contributed by atoms with Gasteiger partial charge in [-0.15, -0.1) is 0 Å². The summed E-state index contributed by atoms with van der Waals surface area (Å²) in [4.78, 5) is 57.1. The van der Waals surface area contributed by atoms with Crippen LogP contribution in [0.25, 0.3) is 10.9 Å². The van der Waals surface area contributed by atoms with Gasteiger partial charge in [-0.3, -0.25) is 24.2 Å². The van der Waals surface area contributed by atoms with E-state index in [0.29, 0.717) is 19.6 Å². The van der Waals surface area contributed by atoms with E-state index >= 15 is 0 Å². The minimum atomic E-state index is -0.756. The third-order valence-corrected chi connectivity index (χ3v) is 9.81. The van der Waals surface area contributed by atoms with Gasteiger partial charge in [0.1, 0.15) is 5.56 Å². The number of hydrogen-bond donors (Lipinski definition) is 3. The monoisotopic (exact) mass is 638 g/mol. The number of carbonyl (C=O) groups is 3. The molecule has 0 aliphatic carbocycles. The number of para-hydroxylation sites is 1. The van der Waals surface area contributed by atoms with Crippen molar-refractivity contribution < 1.29 is 24.2 Å². The van der Waals surface area contributed by atoms with E-state index in [1.54, 1.807) is 15.5 Å². The summed E-state index contributed by atoms with van der Waals surface area (Å²) in [5, 5.41) is 18.2. The average molecular weight is 639 g/mol. The number of ether oxygens (including phenoxy) is 1. The van der Waals surface area contributed by atoms with Gasteiger partial charge in [-0.25, -0.2) is 4.79 Å². The molecule has 1 aromatic carbocycles. The summed E-state index contributed by atoms with van der Waals surface area (Å²) in [7, 11) is 1.35. The minimum Gasteiger partial charge on any atom is -0.453 e. The Labute approximate surface area is 271 Å². The van der Waals surface area contributed by atoms with E-state index in [-0.39, 0.29) is 59.7 Å². The average Bonchev–Trinajstić information content (AvgIpc) is 3.23. The molecule has 0 saturated carbocycles. The Hall–Kier alpha value is -3.48. The first-order valence-corrected chi connectivity index (χ1v) is 16.7. The molecule has 12 nitrogen and oxygen atoms in total. The highest BCUT2D eigenvalue weighted by molar-refractivity contribution is 5.97. The van der Waals surface area contributed by atoms with Gasteiger partial charge in [0, 0.05) is 63.3 Å². The molecule has 46 heavy (non-hydrogen) atoms. The standard InChI is InChI=1S/C34H50N6O6/c1-22(2)40-31-10-6-5-8-24(31)16-30(33(40)44)32(43)36-26-17-27-11-12-28(18-26)39(27)21-29(42)20-38(34(45)46-4)15-14-37-13-7-9-25(19-37)35-23(3)41/h5-6,8,10,16,22,25-29,42H,7,9,11-15,17-21H2,1-4H3,(H,35,41)(H,36,43)/t25?,26-,27+,28-,29?. The molecule has 4 heterocycles. The zero-order valence-corrected chi connectivity index (χ0v) is 27.6. The van der Waals surface area contributed by atoms with Crippen molar-refractivity contribution in [1.82, 2.24) is 29.9 Å². The molecule has 12 heteroatoms. The molecule has 3 fully saturated rings. The molecular weight excluding hydrogens is 588 g/mol. The van der Waals surface area contributed by atoms with Crippen LogP contribution in [0.1, 0.15) is 75.7 Å². The van der Waals surface area contributed by atoms with Crippen LogP contribution in [0.15, 0.2) is 35.1 Å². The molecule has 3 aliphatic heterocycles. The second-order valence-corrected chi connectivity index (χ2v) is 13.5. The van der Waals surface area contributed by atoms with Crippen molar-refractivity contribution in [3.05, 3.63) is 46.2 Å². The molecule has 2 aromatic rings. The number of aliphatic hydroxyl groups excluding tert-OH is 1.